The highest BCUT2D eigenvalue weighted by atomic mass is 19.1. The Morgan fingerprint density at radius 1 is 1.61 bits per heavy atom. The largest absolute Gasteiger partial charge is 0.396 e. The standard InChI is InChI=1S/C13H17FN2O2/c1-3-4-16(5-6-17)13(18)10-8-12(15)11(14)7-9(10)2/h3,7-8,17H,1,4-6,15H2,2H3. The molecule has 0 aliphatic rings. The van der Waals surface area contributed by atoms with Gasteiger partial charge in [-0.1, -0.05) is 6.08 Å². The van der Waals surface area contributed by atoms with Crippen LogP contribution in [-0.4, -0.2) is 35.6 Å². The average Bonchev–Trinajstić information content (AvgIpc) is 2.33. The van der Waals surface area contributed by atoms with Gasteiger partial charge in [-0.2, -0.15) is 0 Å². The fraction of sp³-hybridized carbons (Fsp3) is 0.308. The van der Waals surface area contributed by atoms with Crippen LogP contribution in [0.15, 0.2) is 24.8 Å². The Morgan fingerprint density at radius 2 is 2.28 bits per heavy atom. The van der Waals surface area contributed by atoms with Crippen LogP contribution >= 0.6 is 0 Å². The van der Waals surface area contributed by atoms with Crippen LogP contribution in [0.25, 0.3) is 0 Å². The third-order valence-corrected chi connectivity index (χ3v) is 2.58. The summed E-state index contributed by atoms with van der Waals surface area (Å²) < 4.78 is 13.2. The Balaban J connectivity index is 3.07. The van der Waals surface area contributed by atoms with Gasteiger partial charge in [0, 0.05) is 18.7 Å². The maximum Gasteiger partial charge on any atom is 0.254 e. The third kappa shape index (κ3) is 3.07. The smallest absolute Gasteiger partial charge is 0.254 e. The Bertz CT molecular complexity index is 461. The van der Waals surface area contributed by atoms with E-state index in [0.717, 1.165) is 0 Å². The number of halogens is 1. The van der Waals surface area contributed by atoms with E-state index in [0.29, 0.717) is 17.7 Å². The molecule has 1 amide bonds. The van der Waals surface area contributed by atoms with E-state index in [1.165, 1.54) is 17.0 Å². The predicted octanol–water partition coefficient (Wildman–Crippen LogP) is 1.34. The number of aliphatic hydroxyl groups excluding tert-OH is 1. The number of hydrogen-bond donors (Lipinski definition) is 2. The van der Waals surface area contributed by atoms with Gasteiger partial charge in [-0.15, -0.1) is 6.58 Å². The molecule has 5 heteroatoms. The van der Waals surface area contributed by atoms with Gasteiger partial charge >= 0.3 is 0 Å². The molecule has 0 aromatic heterocycles. The molecular weight excluding hydrogens is 235 g/mol. The molecule has 4 nitrogen and oxygen atoms in total. The number of aliphatic hydroxyl groups is 1. The average molecular weight is 252 g/mol. The normalized spacial score (nSPS) is 10.2. The molecule has 0 spiro atoms. The molecule has 3 N–H and O–H groups in total. The van der Waals surface area contributed by atoms with Crippen molar-refractivity contribution in [1.82, 2.24) is 4.90 Å². The van der Waals surface area contributed by atoms with Gasteiger partial charge in [0.25, 0.3) is 5.91 Å². The number of hydrogen-bond acceptors (Lipinski definition) is 3. The number of nitrogens with two attached hydrogens (primary N) is 1. The first-order chi connectivity index (χ1) is 8.51. The van der Waals surface area contributed by atoms with E-state index in [4.69, 9.17) is 10.8 Å². The van der Waals surface area contributed by atoms with Crippen molar-refractivity contribution in [3.63, 3.8) is 0 Å². The highest BCUT2D eigenvalue weighted by Gasteiger charge is 2.17. The predicted molar refractivity (Wildman–Crippen MR) is 68.7 cm³/mol. The minimum atomic E-state index is -0.540. The van der Waals surface area contributed by atoms with E-state index < -0.39 is 5.82 Å². The first kappa shape index (κ1) is 14.2. The number of nitrogen functional groups attached to an aromatic ring is 1. The zero-order valence-corrected chi connectivity index (χ0v) is 10.3. The molecule has 0 saturated heterocycles. The number of rotatable bonds is 5. The summed E-state index contributed by atoms with van der Waals surface area (Å²) in [4.78, 5) is 13.6. The second kappa shape index (κ2) is 6.16. The number of amides is 1. The fourth-order valence-corrected chi connectivity index (χ4v) is 1.64. The zero-order valence-electron chi connectivity index (χ0n) is 10.3. The second-order valence-electron chi connectivity index (χ2n) is 3.95. The molecule has 0 bridgehead atoms. The van der Waals surface area contributed by atoms with E-state index in [2.05, 4.69) is 6.58 Å². The van der Waals surface area contributed by atoms with Gasteiger partial charge in [-0.05, 0) is 24.6 Å². The number of carbonyl (C=O) groups is 1. The molecule has 1 aromatic rings. The highest BCUT2D eigenvalue weighted by molar-refractivity contribution is 5.96. The molecule has 0 aliphatic heterocycles. The third-order valence-electron chi connectivity index (χ3n) is 2.58. The molecule has 18 heavy (non-hydrogen) atoms. The second-order valence-corrected chi connectivity index (χ2v) is 3.95. The van der Waals surface area contributed by atoms with Crippen LogP contribution in [0.2, 0.25) is 0 Å². The van der Waals surface area contributed by atoms with Gasteiger partial charge in [0.2, 0.25) is 0 Å². The summed E-state index contributed by atoms with van der Waals surface area (Å²) in [7, 11) is 0. The summed E-state index contributed by atoms with van der Waals surface area (Å²) in [6, 6.07) is 2.55. The molecule has 0 unspecified atom stereocenters. The lowest BCUT2D eigenvalue weighted by Gasteiger charge is -2.21. The number of nitrogens with zero attached hydrogens (tertiary/aromatic N) is 1. The number of carbonyl (C=O) groups excluding carboxylic acids is 1. The van der Waals surface area contributed by atoms with Crippen molar-refractivity contribution in [2.75, 3.05) is 25.4 Å². The monoisotopic (exact) mass is 252 g/mol. The van der Waals surface area contributed by atoms with Crippen molar-refractivity contribution < 1.29 is 14.3 Å². The van der Waals surface area contributed by atoms with Crippen LogP contribution < -0.4 is 5.73 Å². The van der Waals surface area contributed by atoms with Crippen LogP contribution in [0.5, 0.6) is 0 Å². The first-order valence-electron chi connectivity index (χ1n) is 5.58. The lowest BCUT2D eigenvalue weighted by molar-refractivity contribution is 0.0742. The van der Waals surface area contributed by atoms with Gasteiger partial charge in [-0.3, -0.25) is 4.79 Å². The molecule has 0 radical (unpaired) electrons. The van der Waals surface area contributed by atoms with Crippen molar-refractivity contribution >= 4 is 11.6 Å². The number of anilines is 1. The minimum absolute atomic E-state index is 0.0634. The van der Waals surface area contributed by atoms with Crippen molar-refractivity contribution in [2.45, 2.75) is 6.92 Å². The minimum Gasteiger partial charge on any atom is -0.396 e. The van der Waals surface area contributed by atoms with Crippen molar-refractivity contribution in [3.8, 4) is 0 Å². The summed E-state index contributed by atoms with van der Waals surface area (Å²) in [6.07, 6.45) is 1.57. The molecule has 0 saturated carbocycles. The topological polar surface area (TPSA) is 66.6 Å². The van der Waals surface area contributed by atoms with Crippen molar-refractivity contribution in [1.29, 1.82) is 0 Å². The van der Waals surface area contributed by atoms with Gasteiger partial charge < -0.3 is 15.7 Å². The highest BCUT2D eigenvalue weighted by Crippen LogP contribution is 2.18. The zero-order chi connectivity index (χ0) is 13.7. The summed E-state index contributed by atoms with van der Waals surface area (Å²) in [6.45, 7) is 5.56. The Hall–Kier alpha value is -1.88. The fourth-order valence-electron chi connectivity index (χ4n) is 1.64. The summed E-state index contributed by atoms with van der Waals surface area (Å²) in [5.74, 6) is -0.838. The number of aryl methyl sites for hydroxylation is 1. The number of benzene rings is 1. The van der Waals surface area contributed by atoms with E-state index in [9.17, 15) is 9.18 Å². The van der Waals surface area contributed by atoms with E-state index >= 15 is 0 Å². The molecule has 0 heterocycles. The van der Waals surface area contributed by atoms with Crippen molar-refractivity contribution in [2.24, 2.45) is 0 Å². The molecular formula is C13H17FN2O2. The lowest BCUT2D eigenvalue weighted by atomic mass is 10.1. The SMILES string of the molecule is C=CCN(CCO)C(=O)c1cc(N)c(F)cc1C. The maximum atomic E-state index is 13.2. The van der Waals surface area contributed by atoms with Gasteiger partial charge in [-0.25, -0.2) is 4.39 Å². The van der Waals surface area contributed by atoms with Crippen LogP contribution in [0.3, 0.4) is 0 Å². The van der Waals surface area contributed by atoms with E-state index in [1.807, 2.05) is 0 Å². The molecule has 1 aromatic carbocycles. The maximum absolute atomic E-state index is 13.2. The van der Waals surface area contributed by atoms with Crippen LogP contribution in [0.1, 0.15) is 15.9 Å². The van der Waals surface area contributed by atoms with Crippen LogP contribution in [0.4, 0.5) is 10.1 Å². The van der Waals surface area contributed by atoms with E-state index in [-0.39, 0.29) is 24.7 Å². The molecule has 1 rings (SSSR count). The summed E-state index contributed by atoms with van der Waals surface area (Å²) >= 11 is 0. The summed E-state index contributed by atoms with van der Waals surface area (Å²) in [5.41, 5.74) is 6.25. The Labute approximate surface area is 106 Å². The van der Waals surface area contributed by atoms with Gasteiger partial charge in [0.1, 0.15) is 5.82 Å². The van der Waals surface area contributed by atoms with E-state index in [1.54, 1.807) is 13.0 Å². The lowest BCUT2D eigenvalue weighted by Crippen LogP contribution is -2.34. The molecule has 98 valence electrons. The van der Waals surface area contributed by atoms with Crippen molar-refractivity contribution in [3.05, 3.63) is 41.7 Å². The van der Waals surface area contributed by atoms with Crippen LogP contribution in [0, 0.1) is 12.7 Å². The van der Waals surface area contributed by atoms with Crippen LogP contribution in [-0.2, 0) is 0 Å². The first-order valence-corrected chi connectivity index (χ1v) is 5.58. The summed E-state index contributed by atoms with van der Waals surface area (Å²) in [5, 5.41) is 8.91. The molecule has 0 fully saturated rings. The molecule has 0 atom stereocenters. The van der Waals surface area contributed by atoms with Gasteiger partial charge in [0.15, 0.2) is 0 Å². The Kier molecular flexibility index (Phi) is 4.85. The van der Waals surface area contributed by atoms with Gasteiger partial charge in [0.05, 0.1) is 12.3 Å². The quantitative estimate of drug-likeness (QED) is 0.614. The Morgan fingerprint density at radius 3 is 2.83 bits per heavy atom. The molecule has 0 aliphatic carbocycles.